The first-order valence-electron chi connectivity index (χ1n) is 2.78. The molecule has 0 aliphatic carbocycles. The lowest BCUT2D eigenvalue weighted by atomic mass is 10.3. The molecule has 3 nitrogen and oxygen atoms in total. The van der Waals surface area contributed by atoms with Crippen molar-refractivity contribution < 1.29 is 5.21 Å². The van der Waals surface area contributed by atoms with E-state index >= 15 is 0 Å². The van der Waals surface area contributed by atoms with E-state index in [-0.39, 0.29) is 0 Å². The minimum absolute atomic E-state index is 0.723. The second-order valence-electron chi connectivity index (χ2n) is 1.65. The Labute approximate surface area is 58.3 Å². The Balaban J connectivity index is 2.87. The highest BCUT2D eigenvalue weighted by Gasteiger charge is 1.79. The van der Waals surface area contributed by atoms with Crippen LogP contribution >= 0.6 is 0 Å². The molecule has 0 saturated heterocycles. The summed E-state index contributed by atoms with van der Waals surface area (Å²) in [5.41, 5.74) is 0.723. The van der Waals surface area contributed by atoms with Gasteiger partial charge in [-0.05, 0) is 17.3 Å². The highest BCUT2D eigenvalue weighted by atomic mass is 16.4. The SMILES string of the molecule is ON=C=Nc1ccccc1. The monoisotopic (exact) mass is 134 g/mol. The molecule has 0 aliphatic rings. The summed E-state index contributed by atoms with van der Waals surface area (Å²) in [6.45, 7) is 0. The molecule has 0 aliphatic heterocycles. The summed E-state index contributed by atoms with van der Waals surface area (Å²) < 4.78 is 0. The van der Waals surface area contributed by atoms with Gasteiger partial charge >= 0.3 is 0 Å². The number of nitrogens with zero attached hydrogens (tertiary/aromatic N) is 2. The van der Waals surface area contributed by atoms with Gasteiger partial charge in [-0.3, -0.25) is 0 Å². The maximum absolute atomic E-state index is 7.95. The predicted molar refractivity (Wildman–Crippen MR) is 37.8 cm³/mol. The Hall–Kier alpha value is -1.60. The molecule has 0 saturated carbocycles. The van der Waals surface area contributed by atoms with Crippen LogP contribution in [0.3, 0.4) is 0 Å². The van der Waals surface area contributed by atoms with Gasteiger partial charge < -0.3 is 5.21 Å². The average molecular weight is 134 g/mol. The lowest BCUT2D eigenvalue weighted by Gasteiger charge is -1.84. The maximum Gasteiger partial charge on any atom is 0.140 e. The van der Waals surface area contributed by atoms with Crippen molar-refractivity contribution in [2.24, 2.45) is 10.1 Å². The first-order chi connectivity index (χ1) is 4.93. The van der Waals surface area contributed by atoms with Gasteiger partial charge in [-0.25, -0.2) is 0 Å². The number of benzene rings is 1. The summed E-state index contributed by atoms with van der Waals surface area (Å²) in [4.78, 5) is 3.66. The first kappa shape index (κ1) is 6.52. The van der Waals surface area contributed by atoms with Crippen molar-refractivity contribution in [2.75, 3.05) is 0 Å². The fourth-order valence-corrected chi connectivity index (χ4v) is 0.583. The van der Waals surface area contributed by atoms with E-state index in [0.29, 0.717) is 0 Å². The van der Waals surface area contributed by atoms with Gasteiger partial charge in [0.1, 0.15) is 6.01 Å². The summed E-state index contributed by atoms with van der Waals surface area (Å²) in [6.07, 6.45) is 0. The fourth-order valence-electron chi connectivity index (χ4n) is 0.583. The van der Waals surface area contributed by atoms with E-state index < -0.39 is 0 Å². The van der Waals surface area contributed by atoms with Crippen molar-refractivity contribution in [1.82, 2.24) is 0 Å². The maximum atomic E-state index is 7.95. The van der Waals surface area contributed by atoms with E-state index in [1.165, 1.54) is 0 Å². The Kier molecular flexibility index (Phi) is 2.24. The molecule has 50 valence electrons. The van der Waals surface area contributed by atoms with E-state index in [0.717, 1.165) is 5.69 Å². The molecule has 0 bridgehead atoms. The predicted octanol–water partition coefficient (Wildman–Crippen LogP) is 1.88. The number of hydrogen-bond acceptors (Lipinski definition) is 3. The summed E-state index contributed by atoms with van der Waals surface area (Å²) >= 11 is 0. The van der Waals surface area contributed by atoms with Gasteiger partial charge in [0.2, 0.25) is 0 Å². The number of para-hydroxylation sites is 1. The van der Waals surface area contributed by atoms with Crippen molar-refractivity contribution in [3.05, 3.63) is 30.3 Å². The molecule has 0 spiro atoms. The zero-order valence-corrected chi connectivity index (χ0v) is 5.23. The van der Waals surface area contributed by atoms with Crippen LogP contribution in [0, 0.1) is 0 Å². The lowest BCUT2D eigenvalue weighted by Crippen LogP contribution is -1.60. The summed E-state index contributed by atoms with van der Waals surface area (Å²) in [5.74, 6) is 0. The minimum atomic E-state index is 0.723. The quantitative estimate of drug-likeness (QED) is 0.355. The van der Waals surface area contributed by atoms with E-state index in [9.17, 15) is 0 Å². The van der Waals surface area contributed by atoms with Crippen molar-refractivity contribution in [1.29, 1.82) is 0 Å². The smallest absolute Gasteiger partial charge is 0.140 e. The molecule has 0 atom stereocenters. The molecule has 1 aromatic rings. The molecule has 1 aromatic carbocycles. The number of aliphatic imine (C=N–C) groups is 1. The zero-order chi connectivity index (χ0) is 7.23. The van der Waals surface area contributed by atoms with Crippen LogP contribution in [0.25, 0.3) is 0 Å². The van der Waals surface area contributed by atoms with Crippen molar-refractivity contribution in [3.8, 4) is 0 Å². The molecule has 0 amide bonds. The third kappa shape index (κ3) is 1.73. The van der Waals surface area contributed by atoms with Gasteiger partial charge in [0, 0.05) is 0 Å². The third-order valence-corrected chi connectivity index (χ3v) is 0.980. The van der Waals surface area contributed by atoms with Gasteiger partial charge in [0.15, 0.2) is 0 Å². The second-order valence-corrected chi connectivity index (χ2v) is 1.65. The molecule has 0 fully saturated rings. The third-order valence-electron chi connectivity index (χ3n) is 0.980. The van der Waals surface area contributed by atoms with Crippen LogP contribution < -0.4 is 0 Å². The summed E-state index contributed by atoms with van der Waals surface area (Å²) in [7, 11) is 0. The number of rotatable bonds is 1. The van der Waals surface area contributed by atoms with Crippen LogP contribution in [0.2, 0.25) is 0 Å². The van der Waals surface area contributed by atoms with Crippen LogP contribution in [0.4, 0.5) is 5.69 Å². The first-order valence-corrected chi connectivity index (χ1v) is 2.78. The van der Waals surface area contributed by atoms with Crippen LogP contribution in [0.1, 0.15) is 0 Å². The molecule has 10 heavy (non-hydrogen) atoms. The van der Waals surface area contributed by atoms with E-state index in [1.807, 2.05) is 18.2 Å². The Morgan fingerprint density at radius 2 is 1.90 bits per heavy atom. The Bertz CT molecular complexity index is 250. The van der Waals surface area contributed by atoms with Crippen molar-refractivity contribution in [3.63, 3.8) is 0 Å². The molecule has 0 radical (unpaired) electrons. The summed E-state index contributed by atoms with van der Waals surface area (Å²) in [6, 6.07) is 11.2. The Morgan fingerprint density at radius 3 is 2.50 bits per heavy atom. The number of hydrogen-bond donors (Lipinski definition) is 1. The molecule has 0 heterocycles. The largest absolute Gasteiger partial charge is 0.403 e. The van der Waals surface area contributed by atoms with Gasteiger partial charge in [-0.1, -0.05) is 18.2 Å². The van der Waals surface area contributed by atoms with Crippen LogP contribution in [-0.4, -0.2) is 11.2 Å². The topological polar surface area (TPSA) is 45.0 Å². The fraction of sp³-hybridized carbons (Fsp3) is 0. The van der Waals surface area contributed by atoms with Crippen LogP contribution in [0.5, 0.6) is 0 Å². The van der Waals surface area contributed by atoms with Gasteiger partial charge in [0.05, 0.1) is 5.69 Å². The van der Waals surface area contributed by atoms with Crippen LogP contribution in [0.15, 0.2) is 40.5 Å². The van der Waals surface area contributed by atoms with E-state index in [4.69, 9.17) is 5.21 Å². The second kappa shape index (κ2) is 3.43. The standard InChI is InChI=1S/C7H6N2O/c10-9-6-8-7-4-2-1-3-5-7/h1-5,10H. The molecule has 1 rings (SSSR count). The highest BCUT2D eigenvalue weighted by molar-refractivity contribution is 5.51. The molecule has 0 unspecified atom stereocenters. The van der Waals surface area contributed by atoms with Gasteiger partial charge in [-0.2, -0.15) is 4.99 Å². The minimum Gasteiger partial charge on any atom is -0.403 e. The highest BCUT2D eigenvalue weighted by Crippen LogP contribution is 2.07. The molecular formula is C7H6N2O. The van der Waals surface area contributed by atoms with Gasteiger partial charge in [-0.15, -0.1) is 0 Å². The summed E-state index contributed by atoms with van der Waals surface area (Å²) in [5, 5.41) is 10.6. The van der Waals surface area contributed by atoms with Crippen molar-refractivity contribution in [2.45, 2.75) is 0 Å². The molecular weight excluding hydrogens is 128 g/mol. The average Bonchev–Trinajstić information content (AvgIpc) is 2.03. The van der Waals surface area contributed by atoms with Gasteiger partial charge in [0.25, 0.3) is 0 Å². The molecule has 3 heteroatoms. The van der Waals surface area contributed by atoms with E-state index in [1.54, 1.807) is 12.1 Å². The zero-order valence-electron chi connectivity index (χ0n) is 5.23. The molecule has 1 N–H and O–H groups in total. The van der Waals surface area contributed by atoms with E-state index in [2.05, 4.69) is 16.2 Å². The lowest BCUT2D eigenvalue weighted by molar-refractivity contribution is 0.322. The Morgan fingerprint density at radius 1 is 1.20 bits per heavy atom. The molecule has 0 aromatic heterocycles. The van der Waals surface area contributed by atoms with Crippen LogP contribution in [-0.2, 0) is 0 Å². The normalized spacial score (nSPS) is 8.00. The van der Waals surface area contributed by atoms with Crippen molar-refractivity contribution >= 4 is 11.7 Å².